The Labute approximate surface area is 112 Å². The van der Waals surface area contributed by atoms with Gasteiger partial charge in [0.15, 0.2) is 0 Å². The standard InChI is InChI=1S/C13H20BrN3/c1-3-17(11-5-4-6-15-9-11)13-12(14)7-10(2)8-16-13/h7-8,11,15H,3-6,9H2,1-2H3. The van der Waals surface area contributed by atoms with Gasteiger partial charge in [-0.1, -0.05) is 0 Å². The molecule has 2 heterocycles. The third kappa shape index (κ3) is 2.99. The molecule has 1 atom stereocenters. The van der Waals surface area contributed by atoms with Gasteiger partial charge in [0.05, 0.1) is 4.47 Å². The van der Waals surface area contributed by atoms with E-state index in [0.717, 1.165) is 29.9 Å². The number of anilines is 1. The molecule has 0 aliphatic carbocycles. The lowest BCUT2D eigenvalue weighted by Gasteiger charge is -2.35. The number of hydrogen-bond acceptors (Lipinski definition) is 3. The van der Waals surface area contributed by atoms with Gasteiger partial charge in [0.2, 0.25) is 0 Å². The lowest BCUT2D eigenvalue weighted by atomic mass is 10.1. The molecule has 1 N–H and O–H groups in total. The maximum absolute atomic E-state index is 4.58. The SMILES string of the molecule is CCN(c1ncc(C)cc1Br)C1CCCNC1. The fraction of sp³-hybridized carbons (Fsp3) is 0.615. The third-order valence-corrected chi connectivity index (χ3v) is 3.87. The molecule has 2 rings (SSSR count). The molecule has 0 amide bonds. The predicted octanol–water partition coefficient (Wildman–Crippen LogP) is 2.73. The average molecular weight is 298 g/mol. The minimum absolute atomic E-state index is 0.570. The van der Waals surface area contributed by atoms with Crippen molar-refractivity contribution in [2.75, 3.05) is 24.5 Å². The molecule has 0 spiro atoms. The number of aryl methyl sites for hydroxylation is 1. The first kappa shape index (κ1) is 12.8. The minimum Gasteiger partial charge on any atom is -0.352 e. The number of rotatable bonds is 3. The highest BCUT2D eigenvalue weighted by Gasteiger charge is 2.22. The summed E-state index contributed by atoms with van der Waals surface area (Å²) in [4.78, 5) is 6.97. The van der Waals surface area contributed by atoms with Crippen LogP contribution in [0.5, 0.6) is 0 Å². The number of pyridine rings is 1. The Bertz CT molecular complexity index is 375. The van der Waals surface area contributed by atoms with Gasteiger partial charge < -0.3 is 10.2 Å². The van der Waals surface area contributed by atoms with Crippen LogP contribution in [0.3, 0.4) is 0 Å². The second-order valence-corrected chi connectivity index (χ2v) is 5.46. The molecule has 0 radical (unpaired) electrons. The summed E-state index contributed by atoms with van der Waals surface area (Å²) in [5.74, 6) is 1.08. The van der Waals surface area contributed by atoms with Crippen LogP contribution in [-0.4, -0.2) is 30.7 Å². The molecule has 1 aliphatic rings. The molecule has 1 aromatic heterocycles. The predicted molar refractivity (Wildman–Crippen MR) is 75.6 cm³/mol. The zero-order valence-corrected chi connectivity index (χ0v) is 12.1. The van der Waals surface area contributed by atoms with Crippen LogP contribution >= 0.6 is 15.9 Å². The number of nitrogens with zero attached hydrogens (tertiary/aromatic N) is 2. The van der Waals surface area contributed by atoms with E-state index in [-0.39, 0.29) is 0 Å². The van der Waals surface area contributed by atoms with Gasteiger partial charge in [-0.2, -0.15) is 0 Å². The molecule has 3 nitrogen and oxygen atoms in total. The van der Waals surface area contributed by atoms with Crippen molar-refractivity contribution in [1.29, 1.82) is 0 Å². The molecular weight excluding hydrogens is 278 g/mol. The number of aromatic nitrogens is 1. The second-order valence-electron chi connectivity index (χ2n) is 4.60. The van der Waals surface area contributed by atoms with Crippen LogP contribution in [0, 0.1) is 6.92 Å². The lowest BCUT2D eigenvalue weighted by Crippen LogP contribution is -2.46. The highest BCUT2D eigenvalue weighted by Crippen LogP contribution is 2.27. The molecule has 1 unspecified atom stereocenters. The number of halogens is 1. The Morgan fingerprint density at radius 1 is 1.59 bits per heavy atom. The largest absolute Gasteiger partial charge is 0.352 e. The number of nitrogens with one attached hydrogen (secondary N) is 1. The van der Waals surface area contributed by atoms with Crippen molar-refractivity contribution < 1.29 is 0 Å². The van der Waals surface area contributed by atoms with Crippen molar-refractivity contribution in [3.63, 3.8) is 0 Å². The van der Waals surface area contributed by atoms with Crippen molar-refractivity contribution in [3.8, 4) is 0 Å². The quantitative estimate of drug-likeness (QED) is 0.930. The van der Waals surface area contributed by atoms with Gasteiger partial charge in [0.25, 0.3) is 0 Å². The molecule has 1 fully saturated rings. The summed E-state index contributed by atoms with van der Waals surface area (Å²) in [6, 6.07) is 2.71. The number of hydrogen-bond donors (Lipinski definition) is 1. The first-order valence-electron chi connectivity index (χ1n) is 6.32. The van der Waals surface area contributed by atoms with Crippen LogP contribution in [0.4, 0.5) is 5.82 Å². The van der Waals surface area contributed by atoms with E-state index in [1.54, 1.807) is 0 Å². The first-order chi connectivity index (χ1) is 8.22. The highest BCUT2D eigenvalue weighted by molar-refractivity contribution is 9.10. The molecule has 0 bridgehead atoms. The molecule has 1 aliphatic heterocycles. The van der Waals surface area contributed by atoms with E-state index in [9.17, 15) is 0 Å². The second kappa shape index (κ2) is 5.83. The maximum Gasteiger partial charge on any atom is 0.143 e. The summed E-state index contributed by atoms with van der Waals surface area (Å²) in [5.41, 5.74) is 1.19. The average Bonchev–Trinajstić information content (AvgIpc) is 2.34. The van der Waals surface area contributed by atoms with Crippen LogP contribution in [0.2, 0.25) is 0 Å². The third-order valence-electron chi connectivity index (χ3n) is 3.28. The Hall–Kier alpha value is -0.610. The fourth-order valence-corrected chi connectivity index (χ4v) is 3.11. The van der Waals surface area contributed by atoms with Crippen molar-refractivity contribution in [2.24, 2.45) is 0 Å². The first-order valence-corrected chi connectivity index (χ1v) is 7.11. The molecular formula is C13H20BrN3. The molecule has 1 aromatic rings. The van der Waals surface area contributed by atoms with Gasteiger partial charge in [-0.25, -0.2) is 4.98 Å². The van der Waals surface area contributed by atoms with Gasteiger partial charge in [-0.3, -0.25) is 0 Å². The van der Waals surface area contributed by atoms with Crippen molar-refractivity contribution in [2.45, 2.75) is 32.7 Å². The van der Waals surface area contributed by atoms with Crippen LogP contribution in [0.1, 0.15) is 25.3 Å². The maximum atomic E-state index is 4.58. The van der Waals surface area contributed by atoms with Crippen molar-refractivity contribution in [3.05, 3.63) is 22.3 Å². The van der Waals surface area contributed by atoms with Crippen molar-refractivity contribution in [1.82, 2.24) is 10.3 Å². The van der Waals surface area contributed by atoms with Crippen LogP contribution in [-0.2, 0) is 0 Å². The summed E-state index contributed by atoms with van der Waals surface area (Å²) in [7, 11) is 0. The molecule has 0 saturated carbocycles. The van der Waals surface area contributed by atoms with Gasteiger partial charge in [-0.15, -0.1) is 0 Å². The topological polar surface area (TPSA) is 28.2 Å². The molecule has 0 aromatic carbocycles. The molecule has 17 heavy (non-hydrogen) atoms. The zero-order valence-electron chi connectivity index (χ0n) is 10.5. The number of piperidine rings is 1. The Morgan fingerprint density at radius 3 is 3.00 bits per heavy atom. The minimum atomic E-state index is 0.570. The summed E-state index contributed by atoms with van der Waals surface area (Å²) >= 11 is 3.63. The molecule has 4 heteroatoms. The van der Waals surface area contributed by atoms with E-state index in [1.165, 1.54) is 18.4 Å². The van der Waals surface area contributed by atoms with Crippen LogP contribution < -0.4 is 10.2 Å². The van der Waals surface area contributed by atoms with E-state index >= 15 is 0 Å². The lowest BCUT2D eigenvalue weighted by molar-refractivity contribution is 0.433. The van der Waals surface area contributed by atoms with Crippen LogP contribution in [0.15, 0.2) is 16.7 Å². The number of likely N-dealkylation sites (N-methyl/N-ethyl adjacent to an activating group) is 1. The smallest absolute Gasteiger partial charge is 0.143 e. The van der Waals surface area contributed by atoms with E-state index in [0.29, 0.717) is 6.04 Å². The summed E-state index contributed by atoms with van der Waals surface area (Å²) < 4.78 is 1.10. The Kier molecular flexibility index (Phi) is 4.40. The Balaban J connectivity index is 2.21. The summed E-state index contributed by atoms with van der Waals surface area (Å²) in [5, 5.41) is 3.47. The van der Waals surface area contributed by atoms with Gasteiger partial charge in [0.1, 0.15) is 5.82 Å². The summed E-state index contributed by atoms with van der Waals surface area (Å²) in [6.07, 6.45) is 4.45. The fourth-order valence-electron chi connectivity index (χ4n) is 2.42. The summed E-state index contributed by atoms with van der Waals surface area (Å²) in [6.45, 7) is 7.48. The monoisotopic (exact) mass is 297 g/mol. The van der Waals surface area contributed by atoms with E-state index in [1.807, 2.05) is 6.20 Å². The van der Waals surface area contributed by atoms with E-state index < -0.39 is 0 Å². The van der Waals surface area contributed by atoms with Crippen LogP contribution in [0.25, 0.3) is 0 Å². The zero-order chi connectivity index (χ0) is 12.3. The van der Waals surface area contributed by atoms with Gasteiger partial charge >= 0.3 is 0 Å². The Morgan fingerprint density at radius 2 is 2.41 bits per heavy atom. The molecule has 1 saturated heterocycles. The van der Waals surface area contributed by atoms with Crippen molar-refractivity contribution >= 4 is 21.7 Å². The normalized spacial score (nSPS) is 20.3. The van der Waals surface area contributed by atoms with E-state index in [2.05, 4.69) is 51.0 Å². The molecule has 94 valence electrons. The van der Waals surface area contributed by atoms with Gasteiger partial charge in [-0.05, 0) is 60.8 Å². The highest BCUT2D eigenvalue weighted by atomic mass is 79.9. The van der Waals surface area contributed by atoms with E-state index in [4.69, 9.17) is 0 Å². The van der Waals surface area contributed by atoms with Gasteiger partial charge in [0, 0.05) is 25.3 Å².